The largest absolute Gasteiger partial charge is 0.364 e. The molecule has 118 valence electrons. The van der Waals surface area contributed by atoms with Gasteiger partial charge in [-0.25, -0.2) is 9.97 Å². The van der Waals surface area contributed by atoms with Gasteiger partial charge < -0.3 is 4.74 Å². The number of ether oxygens (including phenoxy) is 1. The topological polar surface area (TPSA) is 79.8 Å². The molecule has 0 saturated heterocycles. The summed E-state index contributed by atoms with van der Waals surface area (Å²) in [7, 11) is 1.67. The summed E-state index contributed by atoms with van der Waals surface area (Å²) < 4.78 is 5.34. The standard InChI is InChI=1S/C14H12N6OS.CH4/c1-21-8-20-11-6-9(10-7-17-19-18-10)2-3-12(11)22-14-13(20)15-4-5-16-14;/h2-7H,8H2,1H3,(H,17,18,19);1H4. The molecule has 1 aromatic carbocycles. The zero-order valence-electron chi connectivity index (χ0n) is 11.7. The molecule has 0 bridgehead atoms. The molecule has 0 atom stereocenters. The van der Waals surface area contributed by atoms with Crippen molar-refractivity contribution in [3.05, 3.63) is 36.8 Å². The first-order valence-corrected chi connectivity index (χ1v) is 7.44. The maximum Gasteiger partial charge on any atom is 0.168 e. The van der Waals surface area contributed by atoms with Gasteiger partial charge in [0.2, 0.25) is 0 Å². The molecule has 1 aliphatic heterocycles. The van der Waals surface area contributed by atoms with E-state index in [4.69, 9.17) is 4.74 Å². The highest BCUT2D eigenvalue weighted by Crippen LogP contribution is 2.46. The van der Waals surface area contributed by atoms with E-state index in [0.717, 1.165) is 32.7 Å². The molecule has 1 aliphatic rings. The Labute approximate surface area is 138 Å². The fourth-order valence-corrected chi connectivity index (χ4v) is 3.35. The van der Waals surface area contributed by atoms with Crippen LogP contribution in [0.15, 0.2) is 46.7 Å². The number of nitrogens with one attached hydrogen (secondary N) is 1. The van der Waals surface area contributed by atoms with Crippen LogP contribution in [-0.4, -0.2) is 39.2 Å². The molecule has 0 spiro atoms. The lowest BCUT2D eigenvalue weighted by atomic mass is 10.1. The summed E-state index contributed by atoms with van der Waals surface area (Å²) in [5.41, 5.74) is 2.82. The van der Waals surface area contributed by atoms with Gasteiger partial charge in [0.05, 0.1) is 11.9 Å². The molecule has 0 aliphatic carbocycles. The number of aromatic nitrogens is 5. The minimum absolute atomic E-state index is 0. The highest BCUT2D eigenvalue weighted by molar-refractivity contribution is 7.99. The minimum atomic E-state index is 0. The van der Waals surface area contributed by atoms with Crippen molar-refractivity contribution in [3.63, 3.8) is 0 Å². The molecule has 3 heterocycles. The summed E-state index contributed by atoms with van der Waals surface area (Å²) in [6.07, 6.45) is 5.09. The molecule has 2 aromatic heterocycles. The van der Waals surface area contributed by atoms with Crippen LogP contribution in [0.5, 0.6) is 0 Å². The molecular weight excluding hydrogens is 312 g/mol. The van der Waals surface area contributed by atoms with E-state index in [9.17, 15) is 0 Å². The number of fused-ring (bicyclic) bond motifs is 2. The Balaban J connectivity index is 0.00000156. The maximum atomic E-state index is 5.34. The van der Waals surface area contributed by atoms with Crippen LogP contribution in [0.25, 0.3) is 11.3 Å². The lowest BCUT2D eigenvalue weighted by Gasteiger charge is -2.30. The number of rotatable bonds is 3. The Morgan fingerprint density at radius 3 is 2.91 bits per heavy atom. The van der Waals surface area contributed by atoms with Crippen molar-refractivity contribution >= 4 is 23.3 Å². The Kier molecular flexibility index (Phi) is 4.26. The predicted molar refractivity (Wildman–Crippen MR) is 88.7 cm³/mol. The molecule has 7 nitrogen and oxygen atoms in total. The number of hydrogen-bond donors (Lipinski definition) is 1. The van der Waals surface area contributed by atoms with Crippen molar-refractivity contribution in [2.24, 2.45) is 0 Å². The smallest absolute Gasteiger partial charge is 0.168 e. The van der Waals surface area contributed by atoms with Gasteiger partial charge in [-0.15, -0.1) is 0 Å². The van der Waals surface area contributed by atoms with Crippen LogP contribution in [0, 0.1) is 0 Å². The van der Waals surface area contributed by atoms with Gasteiger partial charge in [-0.3, -0.25) is 4.90 Å². The summed E-state index contributed by atoms with van der Waals surface area (Å²) >= 11 is 1.60. The quantitative estimate of drug-likeness (QED) is 0.791. The van der Waals surface area contributed by atoms with E-state index < -0.39 is 0 Å². The lowest BCUT2D eigenvalue weighted by molar-refractivity contribution is 0.205. The summed E-state index contributed by atoms with van der Waals surface area (Å²) in [5, 5.41) is 11.5. The lowest BCUT2D eigenvalue weighted by Crippen LogP contribution is -2.24. The summed E-state index contributed by atoms with van der Waals surface area (Å²) in [4.78, 5) is 12.0. The molecule has 4 rings (SSSR count). The van der Waals surface area contributed by atoms with Crippen LogP contribution in [0.1, 0.15) is 7.43 Å². The third-order valence-electron chi connectivity index (χ3n) is 3.33. The summed E-state index contributed by atoms with van der Waals surface area (Å²) in [6.45, 7) is 0.404. The highest BCUT2D eigenvalue weighted by atomic mass is 32.2. The van der Waals surface area contributed by atoms with Gasteiger partial charge >= 0.3 is 0 Å². The van der Waals surface area contributed by atoms with E-state index in [1.54, 1.807) is 37.5 Å². The van der Waals surface area contributed by atoms with Crippen LogP contribution < -0.4 is 4.90 Å². The van der Waals surface area contributed by atoms with Gasteiger partial charge in [0.25, 0.3) is 0 Å². The van der Waals surface area contributed by atoms with Gasteiger partial charge in [-0.1, -0.05) is 25.3 Å². The molecule has 8 heteroatoms. The number of methoxy groups -OCH3 is 1. The molecule has 0 unspecified atom stereocenters. The first kappa shape index (κ1) is 15.4. The Bertz CT molecular complexity index is 807. The van der Waals surface area contributed by atoms with Gasteiger partial charge in [0.1, 0.15) is 17.5 Å². The second-order valence-electron chi connectivity index (χ2n) is 4.67. The average Bonchev–Trinajstić information content (AvgIpc) is 3.09. The van der Waals surface area contributed by atoms with Crippen molar-refractivity contribution in [2.75, 3.05) is 18.7 Å². The highest BCUT2D eigenvalue weighted by Gasteiger charge is 2.26. The van der Waals surface area contributed by atoms with Gasteiger partial charge in [-0.2, -0.15) is 15.4 Å². The molecular formula is C15H16N6OS. The van der Waals surface area contributed by atoms with Gasteiger partial charge in [0.15, 0.2) is 5.82 Å². The second-order valence-corrected chi connectivity index (χ2v) is 5.70. The SMILES string of the molecule is C.COCN1c2cc(-c3cn[nH]n3)ccc2Sc2nccnc21. The Hall–Kier alpha value is -2.45. The van der Waals surface area contributed by atoms with Gasteiger partial charge in [0, 0.05) is 30.0 Å². The molecule has 0 saturated carbocycles. The van der Waals surface area contributed by atoms with Crippen molar-refractivity contribution in [3.8, 4) is 11.3 Å². The maximum absolute atomic E-state index is 5.34. The van der Waals surface area contributed by atoms with Gasteiger partial charge in [-0.05, 0) is 12.1 Å². The van der Waals surface area contributed by atoms with Crippen LogP contribution in [0.3, 0.4) is 0 Å². The van der Waals surface area contributed by atoms with Crippen LogP contribution in [-0.2, 0) is 4.74 Å². The van der Waals surface area contributed by atoms with E-state index >= 15 is 0 Å². The van der Waals surface area contributed by atoms with Crippen molar-refractivity contribution in [2.45, 2.75) is 17.3 Å². The zero-order chi connectivity index (χ0) is 14.9. The zero-order valence-corrected chi connectivity index (χ0v) is 12.5. The van der Waals surface area contributed by atoms with E-state index in [1.165, 1.54) is 0 Å². The average molecular weight is 328 g/mol. The van der Waals surface area contributed by atoms with E-state index in [2.05, 4.69) is 37.5 Å². The molecule has 3 aromatic rings. The number of benzene rings is 1. The molecule has 1 N–H and O–H groups in total. The molecule has 0 fully saturated rings. The first-order chi connectivity index (χ1) is 10.9. The fraction of sp³-hybridized carbons (Fsp3) is 0.200. The number of aromatic amines is 1. The molecule has 0 radical (unpaired) electrons. The molecule has 0 amide bonds. The Morgan fingerprint density at radius 2 is 2.13 bits per heavy atom. The van der Waals surface area contributed by atoms with Crippen molar-refractivity contribution < 1.29 is 4.74 Å². The third kappa shape index (κ3) is 2.66. The van der Waals surface area contributed by atoms with E-state index in [1.807, 2.05) is 11.0 Å². The fourth-order valence-electron chi connectivity index (χ4n) is 2.37. The predicted octanol–water partition coefficient (Wildman–Crippen LogP) is 3.10. The minimum Gasteiger partial charge on any atom is -0.364 e. The number of H-pyrrole nitrogens is 1. The monoisotopic (exact) mass is 328 g/mol. The molecule has 23 heavy (non-hydrogen) atoms. The number of nitrogens with zero attached hydrogens (tertiary/aromatic N) is 5. The van der Waals surface area contributed by atoms with Crippen molar-refractivity contribution in [1.29, 1.82) is 0 Å². The van der Waals surface area contributed by atoms with Crippen molar-refractivity contribution in [1.82, 2.24) is 25.4 Å². The Morgan fingerprint density at radius 1 is 1.26 bits per heavy atom. The first-order valence-electron chi connectivity index (χ1n) is 6.62. The summed E-state index contributed by atoms with van der Waals surface area (Å²) in [6, 6.07) is 6.15. The van der Waals surface area contributed by atoms with Crippen LogP contribution >= 0.6 is 11.8 Å². The van der Waals surface area contributed by atoms with Crippen LogP contribution in [0.4, 0.5) is 11.5 Å². The normalized spacial score (nSPS) is 12.3. The number of hydrogen-bond acceptors (Lipinski definition) is 7. The summed E-state index contributed by atoms with van der Waals surface area (Å²) in [5.74, 6) is 0.805. The van der Waals surface area contributed by atoms with Crippen LogP contribution in [0.2, 0.25) is 0 Å². The third-order valence-corrected chi connectivity index (χ3v) is 4.37. The van der Waals surface area contributed by atoms with E-state index in [0.29, 0.717) is 6.73 Å². The number of anilines is 2. The van der Waals surface area contributed by atoms with E-state index in [-0.39, 0.29) is 7.43 Å². The second kappa shape index (κ2) is 6.35.